The van der Waals surface area contributed by atoms with Gasteiger partial charge >= 0.3 is 0 Å². The number of anilines is 1. The highest BCUT2D eigenvalue weighted by Gasteiger charge is 2.23. The Hall–Kier alpha value is -1.02. The molecule has 1 aliphatic rings. The van der Waals surface area contributed by atoms with Gasteiger partial charge in [-0.2, -0.15) is 0 Å². The summed E-state index contributed by atoms with van der Waals surface area (Å²) in [4.78, 5) is 2.58. The fourth-order valence-corrected chi connectivity index (χ4v) is 3.04. The van der Waals surface area contributed by atoms with E-state index in [1.54, 1.807) is 0 Å². The van der Waals surface area contributed by atoms with Crippen molar-refractivity contribution < 1.29 is 0 Å². The minimum Gasteiger partial charge on any atom is -0.382 e. The predicted octanol–water partition coefficient (Wildman–Crippen LogP) is 3.84. The maximum absolute atomic E-state index is 3.74. The van der Waals surface area contributed by atoms with Gasteiger partial charge in [-0.25, -0.2) is 0 Å². The van der Waals surface area contributed by atoms with Gasteiger partial charge in [0.15, 0.2) is 0 Å². The first-order chi connectivity index (χ1) is 9.10. The molecule has 2 atom stereocenters. The van der Waals surface area contributed by atoms with Crippen LogP contribution in [0.5, 0.6) is 0 Å². The first-order valence-electron chi connectivity index (χ1n) is 7.66. The third kappa shape index (κ3) is 3.73. The van der Waals surface area contributed by atoms with Crippen LogP contribution >= 0.6 is 0 Å². The standard InChI is InChI=1S/C17H28N2/c1-5-19-10-6-7-16(12-19)15(4)18-17-11-13(2)8-9-14(17)3/h8-9,11,15-16,18H,5-7,10,12H2,1-4H3. The van der Waals surface area contributed by atoms with Crippen molar-refractivity contribution in [2.24, 2.45) is 5.92 Å². The van der Waals surface area contributed by atoms with Crippen LogP contribution in [0.2, 0.25) is 0 Å². The van der Waals surface area contributed by atoms with Gasteiger partial charge < -0.3 is 10.2 Å². The number of rotatable bonds is 4. The summed E-state index contributed by atoms with van der Waals surface area (Å²) in [6.07, 6.45) is 2.70. The number of piperidine rings is 1. The molecule has 0 amide bonds. The fourth-order valence-electron chi connectivity index (χ4n) is 3.04. The van der Waals surface area contributed by atoms with Gasteiger partial charge in [0.2, 0.25) is 0 Å². The Morgan fingerprint density at radius 2 is 2.16 bits per heavy atom. The molecule has 1 saturated heterocycles. The van der Waals surface area contributed by atoms with E-state index in [9.17, 15) is 0 Å². The van der Waals surface area contributed by atoms with Crippen LogP contribution in [-0.4, -0.2) is 30.6 Å². The molecule has 1 aliphatic heterocycles. The molecule has 1 aromatic rings. The molecular formula is C17H28N2. The van der Waals surface area contributed by atoms with Crippen molar-refractivity contribution in [3.63, 3.8) is 0 Å². The van der Waals surface area contributed by atoms with E-state index < -0.39 is 0 Å². The molecule has 1 N–H and O–H groups in total. The van der Waals surface area contributed by atoms with Crippen molar-refractivity contribution in [3.8, 4) is 0 Å². The number of nitrogens with zero attached hydrogens (tertiary/aromatic N) is 1. The molecule has 0 saturated carbocycles. The van der Waals surface area contributed by atoms with Crippen LogP contribution in [0.3, 0.4) is 0 Å². The lowest BCUT2D eigenvalue weighted by molar-refractivity contribution is 0.172. The zero-order valence-electron chi connectivity index (χ0n) is 12.9. The SMILES string of the molecule is CCN1CCCC(C(C)Nc2cc(C)ccc2C)C1. The van der Waals surface area contributed by atoms with Crippen molar-refractivity contribution in [1.29, 1.82) is 0 Å². The average Bonchev–Trinajstić information content (AvgIpc) is 2.43. The van der Waals surface area contributed by atoms with Crippen molar-refractivity contribution in [2.45, 2.75) is 46.6 Å². The van der Waals surface area contributed by atoms with Crippen LogP contribution in [-0.2, 0) is 0 Å². The Kier molecular flexibility index (Phi) is 4.87. The third-order valence-corrected chi connectivity index (χ3v) is 4.47. The third-order valence-electron chi connectivity index (χ3n) is 4.47. The number of benzene rings is 1. The van der Waals surface area contributed by atoms with Crippen molar-refractivity contribution in [2.75, 3.05) is 25.0 Å². The number of aryl methyl sites for hydroxylation is 2. The summed E-state index contributed by atoms with van der Waals surface area (Å²) < 4.78 is 0. The first-order valence-corrected chi connectivity index (χ1v) is 7.66. The molecule has 0 aromatic heterocycles. The van der Waals surface area contributed by atoms with Gasteiger partial charge in [0.05, 0.1) is 0 Å². The average molecular weight is 260 g/mol. The topological polar surface area (TPSA) is 15.3 Å². The lowest BCUT2D eigenvalue weighted by Crippen LogP contribution is -2.41. The number of hydrogen-bond acceptors (Lipinski definition) is 2. The van der Waals surface area contributed by atoms with E-state index in [2.05, 4.69) is 56.1 Å². The second-order valence-electron chi connectivity index (χ2n) is 6.05. The molecule has 0 aliphatic carbocycles. The largest absolute Gasteiger partial charge is 0.382 e. The van der Waals surface area contributed by atoms with Crippen molar-refractivity contribution in [3.05, 3.63) is 29.3 Å². The van der Waals surface area contributed by atoms with Crippen LogP contribution in [0.25, 0.3) is 0 Å². The summed E-state index contributed by atoms with van der Waals surface area (Å²) in [6, 6.07) is 7.22. The molecule has 0 spiro atoms. The van der Waals surface area contributed by atoms with Crippen LogP contribution < -0.4 is 5.32 Å². The Morgan fingerprint density at radius 3 is 2.89 bits per heavy atom. The Bertz CT molecular complexity index is 414. The quantitative estimate of drug-likeness (QED) is 0.885. The van der Waals surface area contributed by atoms with Crippen LogP contribution in [0, 0.1) is 19.8 Å². The first kappa shape index (κ1) is 14.4. The Balaban J connectivity index is 2.00. The summed E-state index contributed by atoms with van der Waals surface area (Å²) in [5.74, 6) is 0.772. The Morgan fingerprint density at radius 1 is 1.37 bits per heavy atom. The van der Waals surface area contributed by atoms with Gasteiger partial charge in [-0.1, -0.05) is 19.1 Å². The molecular weight excluding hydrogens is 232 g/mol. The van der Waals surface area contributed by atoms with Crippen LogP contribution in [0.1, 0.15) is 37.8 Å². The van der Waals surface area contributed by atoms with E-state index in [4.69, 9.17) is 0 Å². The van der Waals surface area contributed by atoms with E-state index in [1.165, 1.54) is 49.3 Å². The van der Waals surface area contributed by atoms with E-state index in [0.29, 0.717) is 6.04 Å². The molecule has 2 unspecified atom stereocenters. The zero-order valence-corrected chi connectivity index (χ0v) is 12.9. The second-order valence-corrected chi connectivity index (χ2v) is 6.05. The zero-order chi connectivity index (χ0) is 13.8. The second kappa shape index (κ2) is 6.42. The van der Waals surface area contributed by atoms with Gasteiger partial charge in [0.1, 0.15) is 0 Å². The number of likely N-dealkylation sites (tertiary alicyclic amines) is 1. The van der Waals surface area contributed by atoms with Crippen molar-refractivity contribution in [1.82, 2.24) is 4.90 Å². The lowest BCUT2D eigenvalue weighted by atomic mass is 9.91. The molecule has 2 heteroatoms. The van der Waals surface area contributed by atoms with E-state index in [-0.39, 0.29) is 0 Å². The monoisotopic (exact) mass is 260 g/mol. The summed E-state index contributed by atoms with van der Waals surface area (Å²) in [7, 11) is 0. The summed E-state index contributed by atoms with van der Waals surface area (Å²) in [5, 5.41) is 3.74. The number of hydrogen-bond donors (Lipinski definition) is 1. The molecule has 1 heterocycles. The maximum atomic E-state index is 3.74. The predicted molar refractivity (Wildman–Crippen MR) is 83.8 cm³/mol. The summed E-state index contributed by atoms with van der Waals surface area (Å²) >= 11 is 0. The summed E-state index contributed by atoms with van der Waals surface area (Å²) in [5.41, 5.74) is 3.99. The van der Waals surface area contributed by atoms with Crippen molar-refractivity contribution >= 4 is 5.69 Å². The molecule has 106 valence electrons. The van der Waals surface area contributed by atoms with Crippen LogP contribution in [0.4, 0.5) is 5.69 Å². The highest BCUT2D eigenvalue weighted by Crippen LogP contribution is 2.24. The Labute approximate surface area is 118 Å². The van der Waals surface area contributed by atoms with Gasteiger partial charge in [-0.05, 0) is 69.8 Å². The fraction of sp³-hybridized carbons (Fsp3) is 0.647. The molecule has 1 aromatic carbocycles. The molecule has 19 heavy (non-hydrogen) atoms. The smallest absolute Gasteiger partial charge is 0.0374 e. The minimum atomic E-state index is 0.551. The normalized spacial score (nSPS) is 22.2. The minimum absolute atomic E-state index is 0.551. The highest BCUT2D eigenvalue weighted by atomic mass is 15.1. The van der Waals surface area contributed by atoms with Gasteiger partial charge in [-0.3, -0.25) is 0 Å². The van der Waals surface area contributed by atoms with E-state index in [0.717, 1.165) is 5.92 Å². The molecule has 2 nitrogen and oxygen atoms in total. The number of nitrogens with one attached hydrogen (secondary N) is 1. The van der Waals surface area contributed by atoms with Gasteiger partial charge in [0, 0.05) is 18.3 Å². The summed E-state index contributed by atoms with van der Waals surface area (Å²) in [6.45, 7) is 12.7. The maximum Gasteiger partial charge on any atom is 0.0374 e. The van der Waals surface area contributed by atoms with Crippen LogP contribution in [0.15, 0.2) is 18.2 Å². The molecule has 0 bridgehead atoms. The van der Waals surface area contributed by atoms with E-state index >= 15 is 0 Å². The molecule has 1 fully saturated rings. The van der Waals surface area contributed by atoms with Gasteiger partial charge in [0.25, 0.3) is 0 Å². The van der Waals surface area contributed by atoms with E-state index in [1.807, 2.05) is 0 Å². The molecule has 0 radical (unpaired) electrons. The highest BCUT2D eigenvalue weighted by molar-refractivity contribution is 5.53. The lowest BCUT2D eigenvalue weighted by Gasteiger charge is -2.36. The molecule has 2 rings (SSSR count). The van der Waals surface area contributed by atoms with Gasteiger partial charge in [-0.15, -0.1) is 0 Å².